The van der Waals surface area contributed by atoms with E-state index in [0.29, 0.717) is 32.0 Å². The standard InChI is InChI=1S/C15H24N4O3/c1-10(2)19-13(21)15(17-14(19)22)5-6-18(9-15)8-12(20)16-7-11-3-4-11/h10-11H,3-9H2,1-2H3,(H,16,20)(H,17,22)/t15-/m0/s1. The lowest BCUT2D eigenvalue weighted by molar-refractivity contribution is -0.132. The maximum absolute atomic E-state index is 12.6. The highest BCUT2D eigenvalue weighted by Crippen LogP contribution is 2.30. The van der Waals surface area contributed by atoms with Crippen LogP contribution in [-0.4, -0.2) is 65.4 Å². The van der Waals surface area contributed by atoms with Crippen LogP contribution in [0.2, 0.25) is 0 Å². The van der Waals surface area contributed by atoms with Crippen LogP contribution in [0.25, 0.3) is 0 Å². The monoisotopic (exact) mass is 308 g/mol. The van der Waals surface area contributed by atoms with Crippen molar-refractivity contribution < 1.29 is 14.4 Å². The third-order valence-electron chi connectivity index (χ3n) is 4.71. The SMILES string of the molecule is CC(C)N1C(=O)N[C@]2(CCN(CC(=O)NCC3CC3)C2)C1=O. The number of amides is 4. The minimum atomic E-state index is -0.835. The Balaban J connectivity index is 1.56. The summed E-state index contributed by atoms with van der Waals surface area (Å²) in [5.74, 6) is 0.499. The van der Waals surface area contributed by atoms with Gasteiger partial charge in [-0.25, -0.2) is 4.79 Å². The molecule has 2 saturated heterocycles. The number of carbonyl (C=O) groups excluding carboxylic acids is 3. The Kier molecular flexibility index (Phi) is 3.84. The molecular formula is C15H24N4O3. The number of hydrogen-bond acceptors (Lipinski definition) is 4. The molecule has 4 amide bonds. The van der Waals surface area contributed by atoms with Gasteiger partial charge in [-0.05, 0) is 39.0 Å². The average molecular weight is 308 g/mol. The predicted molar refractivity (Wildman–Crippen MR) is 80.0 cm³/mol. The minimum Gasteiger partial charge on any atom is -0.355 e. The van der Waals surface area contributed by atoms with Crippen molar-refractivity contribution in [3.8, 4) is 0 Å². The number of urea groups is 1. The lowest BCUT2D eigenvalue weighted by Gasteiger charge is -2.23. The Hall–Kier alpha value is -1.63. The van der Waals surface area contributed by atoms with E-state index in [0.717, 1.165) is 6.54 Å². The fourth-order valence-corrected chi connectivity index (χ4v) is 3.25. The molecule has 0 aromatic heterocycles. The predicted octanol–water partition coefficient (Wildman–Crippen LogP) is -0.0827. The summed E-state index contributed by atoms with van der Waals surface area (Å²) in [6.45, 7) is 5.77. The van der Waals surface area contributed by atoms with Crippen molar-refractivity contribution in [2.45, 2.75) is 44.7 Å². The van der Waals surface area contributed by atoms with E-state index in [-0.39, 0.29) is 23.9 Å². The summed E-state index contributed by atoms with van der Waals surface area (Å²) in [7, 11) is 0. The van der Waals surface area contributed by atoms with Crippen molar-refractivity contribution in [3.63, 3.8) is 0 Å². The molecule has 0 aromatic carbocycles. The van der Waals surface area contributed by atoms with E-state index in [1.165, 1.54) is 17.7 Å². The van der Waals surface area contributed by atoms with E-state index in [9.17, 15) is 14.4 Å². The molecule has 0 bridgehead atoms. The summed E-state index contributed by atoms with van der Waals surface area (Å²) < 4.78 is 0. The lowest BCUT2D eigenvalue weighted by Crippen LogP contribution is -2.50. The highest BCUT2D eigenvalue weighted by molar-refractivity contribution is 6.07. The van der Waals surface area contributed by atoms with E-state index in [1.807, 2.05) is 18.7 Å². The molecule has 3 fully saturated rings. The normalized spacial score (nSPS) is 28.8. The molecular weight excluding hydrogens is 284 g/mol. The van der Waals surface area contributed by atoms with Crippen LogP contribution >= 0.6 is 0 Å². The maximum Gasteiger partial charge on any atom is 0.325 e. The molecule has 7 nitrogen and oxygen atoms in total. The third-order valence-corrected chi connectivity index (χ3v) is 4.71. The highest BCUT2D eigenvalue weighted by atomic mass is 16.2. The number of rotatable bonds is 5. The third kappa shape index (κ3) is 2.82. The summed E-state index contributed by atoms with van der Waals surface area (Å²) in [6.07, 6.45) is 2.98. The first-order valence-corrected chi connectivity index (χ1v) is 8.06. The van der Waals surface area contributed by atoms with Crippen LogP contribution < -0.4 is 10.6 Å². The van der Waals surface area contributed by atoms with Gasteiger partial charge in [0.2, 0.25) is 5.91 Å². The molecule has 0 radical (unpaired) electrons. The number of imide groups is 1. The molecule has 0 aromatic rings. The molecule has 1 aliphatic carbocycles. The Labute approximate surface area is 130 Å². The second-order valence-corrected chi connectivity index (χ2v) is 6.99. The van der Waals surface area contributed by atoms with Gasteiger partial charge >= 0.3 is 6.03 Å². The molecule has 122 valence electrons. The average Bonchev–Trinajstić information content (AvgIpc) is 3.13. The number of carbonyl (C=O) groups is 3. The summed E-state index contributed by atoms with van der Waals surface area (Å²) >= 11 is 0. The van der Waals surface area contributed by atoms with Gasteiger partial charge in [0.25, 0.3) is 5.91 Å². The molecule has 1 saturated carbocycles. The topological polar surface area (TPSA) is 81.8 Å². The number of nitrogens with zero attached hydrogens (tertiary/aromatic N) is 2. The van der Waals surface area contributed by atoms with Gasteiger partial charge in [-0.3, -0.25) is 19.4 Å². The minimum absolute atomic E-state index is 0.00133. The molecule has 2 heterocycles. The summed E-state index contributed by atoms with van der Waals surface area (Å²) in [4.78, 5) is 39.7. The van der Waals surface area contributed by atoms with Crippen LogP contribution in [0, 0.1) is 5.92 Å². The smallest absolute Gasteiger partial charge is 0.325 e. The zero-order valence-electron chi connectivity index (χ0n) is 13.2. The largest absolute Gasteiger partial charge is 0.355 e. The molecule has 2 N–H and O–H groups in total. The van der Waals surface area contributed by atoms with Crippen LogP contribution in [0.15, 0.2) is 0 Å². The Bertz CT molecular complexity index is 503. The van der Waals surface area contributed by atoms with E-state index >= 15 is 0 Å². The first-order valence-electron chi connectivity index (χ1n) is 8.06. The van der Waals surface area contributed by atoms with Crippen LogP contribution in [0.5, 0.6) is 0 Å². The fraction of sp³-hybridized carbons (Fsp3) is 0.800. The van der Waals surface area contributed by atoms with Crippen molar-refractivity contribution in [1.82, 2.24) is 20.4 Å². The molecule has 2 aliphatic heterocycles. The van der Waals surface area contributed by atoms with Crippen molar-refractivity contribution in [2.75, 3.05) is 26.2 Å². The zero-order valence-corrected chi connectivity index (χ0v) is 13.2. The molecule has 1 atom stereocenters. The van der Waals surface area contributed by atoms with Gasteiger partial charge in [0.15, 0.2) is 0 Å². The van der Waals surface area contributed by atoms with Crippen molar-refractivity contribution >= 4 is 17.8 Å². The Morgan fingerprint density at radius 2 is 2.14 bits per heavy atom. The molecule has 3 aliphatic rings. The van der Waals surface area contributed by atoms with Gasteiger partial charge in [0.1, 0.15) is 5.54 Å². The van der Waals surface area contributed by atoms with Crippen LogP contribution in [0.1, 0.15) is 33.1 Å². The van der Waals surface area contributed by atoms with E-state index < -0.39 is 5.54 Å². The van der Waals surface area contributed by atoms with Crippen LogP contribution in [-0.2, 0) is 9.59 Å². The van der Waals surface area contributed by atoms with Gasteiger partial charge in [0, 0.05) is 25.7 Å². The summed E-state index contributed by atoms with van der Waals surface area (Å²) in [5.41, 5.74) is -0.835. The van der Waals surface area contributed by atoms with Crippen molar-refractivity contribution in [2.24, 2.45) is 5.92 Å². The first-order chi connectivity index (χ1) is 10.4. The molecule has 22 heavy (non-hydrogen) atoms. The maximum atomic E-state index is 12.6. The van der Waals surface area contributed by atoms with Gasteiger partial charge in [-0.2, -0.15) is 0 Å². The fourth-order valence-electron chi connectivity index (χ4n) is 3.25. The van der Waals surface area contributed by atoms with Crippen LogP contribution in [0.3, 0.4) is 0 Å². The zero-order chi connectivity index (χ0) is 15.9. The molecule has 1 spiro atoms. The second-order valence-electron chi connectivity index (χ2n) is 6.99. The molecule has 0 unspecified atom stereocenters. The van der Waals surface area contributed by atoms with Crippen molar-refractivity contribution in [1.29, 1.82) is 0 Å². The molecule has 7 heteroatoms. The number of nitrogens with one attached hydrogen (secondary N) is 2. The Morgan fingerprint density at radius 3 is 2.73 bits per heavy atom. The van der Waals surface area contributed by atoms with Gasteiger partial charge in [-0.1, -0.05) is 0 Å². The molecule has 3 rings (SSSR count). The first kappa shape index (κ1) is 15.3. The van der Waals surface area contributed by atoms with Crippen molar-refractivity contribution in [3.05, 3.63) is 0 Å². The quantitative estimate of drug-likeness (QED) is 0.696. The number of hydrogen-bond donors (Lipinski definition) is 2. The van der Waals surface area contributed by atoms with Crippen LogP contribution in [0.4, 0.5) is 4.79 Å². The second kappa shape index (κ2) is 5.53. The van der Waals surface area contributed by atoms with E-state index in [4.69, 9.17) is 0 Å². The van der Waals surface area contributed by atoms with E-state index in [2.05, 4.69) is 10.6 Å². The number of likely N-dealkylation sites (tertiary alicyclic amines) is 1. The summed E-state index contributed by atoms with van der Waals surface area (Å²) in [6, 6.07) is -0.470. The summed E-state index contributed by atoms with van der Waals surface area (Å²) in [5, 5.41) is 5.77. The van der Waals surface area contributed by atoms with E-state index in [1.54, 1.807) is 0 Å². The van der Waals surface area contributed by atoms with Gasteiger partial charge < -0.3 is 10.6 Å². The van der Waals surface area contributed by atoms with Gasteiger partial charge in [-0.15, -0.1) is 0 Å². The van der Waals surface area contributed by atoms with Gasteiger partial charge in [0.05, 0.1) is 6.54 Å². The Morgan fingerprint density at radius 1 is 1.41 bits per heavy atom. The lowest BCUT2D eigenvalue weighted by atomic mass is 9.98. The highest BCUT2D eigenvalue weighted by Gasteiger charge is 2.55.